The number of pyridine rings is 2. The first-order valence-corrected chi connectivity index (χ1v) is 6.45. The van der Waals surface area contributed by atoms with E-state index in [1.807, 2.05) is 48.1 Å². The normalized spacial score (nSPS) is 11.2. The molecule has 0 spiro atoms. The van der Waals surface area contributed by atoms with Crippen LogP contribution in [-0.2, 0) is 7.05 Å². The number of nitrogens with zero attached hydrogens (tertiary/aromatic N) is 4. The summed E-state index contributed by atoms with van der Waals surface area (Å²) in [4.78, 5) is 13.5. The van der Waals surface area contributed by atoms with Gasteiger partial charge in [0, 0.05) is 18.6 Å². The van der Waals surface area contributed by atoms with Gasteiger partial charge in [0.1, 0.15) is 5.69 Å². The molecule has 0 N–H and O–H groups in total. The van der Waals surface area contributed by atoms with Gasteiger partial charge in [0.15, 0.2) is 5.82 Å². The molecule has 0 aliphatic rings. The summed E-state index contributed by atoms with van der Waals surface area (Å²) in [6.07, 6.45) is 3.58. The van der Waals surface area contributed by atoms with E-state index in [9.17, 15) is 0 Å². The highest BCUT2D eigenvalue weighted by atomic mass is 15.1. The second kappa shape index (κ2) is 4.13. The average molecular weight is 260 g/mol. The van der Waals surface area contributed by atoms with Gasteiger partial charge in [-0.05, 0) is 18.2 Å². The van der Waals surface area contributed by atoms with Gasteiger partial charge in [-0.3, -0.25) is 4.98 Å². The van der Waals surface area contributed by atoms with Crippen molar-refractivity contribution >= 4 is 21.9 Å². The second-order valence-electron chi connectivity index (χ2n) is 4.75. The highest BCUT2D eigenvalue weighted by Crippen LogP contribution is 2.23. The molecule has 3 heterocycles. The van der Waals surface area contributed by atoms with E-state index in [0.29, 0.717) is 0 Å². The van der Waals surface area contributed by atoms with Crippen molar-refractivity contribution in [2.45, 2.75) is 0 Å². The zero-order chi connectivity index (χ0) is 13.5. The molecule has 3 aromatic heterocycles. The second-order valence-corrected chi connectivity index (χ2v) is 4.75. The molecule has 1 aromatic carbocycles. The number of aromatic nitrogens is 4. The predicted octanol–water partition coefficient (Wildman–Crippen LogP) is 3.18. The molecule has 0 aliphatic carbocycles. The highest BCUT2D eigenvalue weighted by Gasteiger charge is 2.11. The van der Waals surface area contributed by atoms with Crippen molar-refractivity contribution in [3.63, 3.8) is 0 Å². The number of benzene rings is 1. The number of rotatable bonds is 1. The van der Waals surface area contributed by atoms with E-state index in [1.165, 1.54) is 0 Å². The molecule has 0 atom stereocenters. The van der Waals surface area contributed by atoms with Crippen molar-refractivity contribution < 1.29 is 0 Å². The van der Waals surface area contributed by atoms with E-state index in [2.05, 4.69) is 22.1 Å². The van der Waals surface area contributed by atoms with E-state index < -0.39 is 0 Å². The summed E-state index contributed by atoms with van der Waals surface area (Å²) in [5, 5.41) is 1.14. The van der Waals surface area contributed by atoms with Crippen LogP contribution in [0.25, 0.3) is 33.5 Å². The fourth-order valence-corrected chi connectivity index (χ4v) is 2.45. The molecule has 4 heteroatoms. The van der Waals surface area contributed by atoms with E-state index >= 15 is 0 Å². The van der Waals surface area contributed by atoms with Crippen LogP contribution in [0.3, 0.4) is 0 Å². The van der Waals surface area contributed by atoms with E-state index in [4.69, 9.17) is 4.98 Å². The number of aryl methyl sites for hydroxylation is 1. The van der Waals surface area contributed by atoms with Crippen LogP contribution in [0.5, 0.6) is 0 Å². The minimum absolute atomic E-state index is 0.860. The molecular formula is C16H12N4. The zero-order valence-electron chi connectivity index (χ0n) is 11.0. The Morgan fingerprint density at radius 3 is 2.70 bits per heavy atom. The topological polar surface area (TPSA) is 43.6 Å². The van der Waals surface area contributed by atoms with Gasteiger partial charge in [-0.25, -0.2) is 9.97 Å². The molecule has 0 saturated carbocycles. The Labute approximate surface area is 115 Å². The Morgan fingerprint density at radius 2 is 1.80 bits per heavy atom. The predicted molar refractivity (Wildman–Crippen MR) is 79.2 cm³/mol. The minimum Gasteiger partial charge on any atom is -0.325 e. The molecule has 20 heavy (non-hydrogen) atoms. The first kappa shape index (κ1) is 11.1. The molecule has 96 valence electrons. The molecule has 0 aliphatic heterocycles. The van der Waals surface area contributed by atoms with Crippen LogP contribution < -0.4 is 0 Å². The number of para-hydroxylation sites is 1. The quantitative estimate of drug-likeness (QED) is 0.528. The van der Waals surface area contributed by atoms with Crippen LogP contribution in [0, 0.1) is 0 Å². The van der Waals surface area contributed by atoms with Crippen molar-refractivity contribution in [2.24, 2.45) is 7.05 Å². The maximum Gasteiger partial charge on any atom is 0.159 e. The standard InChI is InChI=1S/C16H12N4/c1-20-15-10-17-9-8-13(15)19-16(20)14-7-6-11-4-2-3-5-12(11)18-14/h2-10H,1H3. The fourth-order valence-electron chi connectivity index (χ4n) is 2.45. The van der Waals surface area contributed by atoms with Gasteiger partial charge >= 0.3 is 0 Å². The molecule has 4 aromatic rings. The van der Waals surface area contributed by atoms with Gasteiger partial charge < -0.3 is 4.57 Å². The monoisotopic (exact) mass is 260 g/mol. The van der Waals surface area contributed by atoms with Crippen LogP contribution in [0.4, 0.5) is 0 Å². The van der Waals surface area contributed by atoms with Crippen molar-refractivity contribution in [1.82, 2.24) is 19.5 Å². The number of hydrogen-bond donors (Lipinski definition) is 0. The Bertz CT molecular complexity index is 924. The zero-order valence-corrected chi connectivity index (χ0v) is 11.0. The lowest BCUT2D eigenvalue weighted by molar-refractivity contribution is 0.949. The molecule has 0 radical (unpaired) electrons. The summed E-state index contributed by atoms with van der Waals surface area (Å²) in [5.74, 6) is 0.860. The maximum atomic E-state index is 4.70. The smallest absolute Gasteiger partial charge is 0.159 e. The molecule has 0 fully saturated rings. The van der Waals surface area contributed by atoms with Gasteiger partial charge in [0.2, 0.25) is 0 Å². The lowest BCUT2D eigenvalue weighted by Crippen LogP contribution is -1.95. The van der Waals surface area contributed by atoms with Crippen molar-refractivity contribution in [1.29, 1.82) is 0 Å². The molecule has 0 saturated heterocycles. The Kier molecular flexibility index (Phi) is 2.29. The van der Waals surface area contributed by atoms with E-state index in [-0.39, 0.29) is 0 Å². The number of imidazole rings is 1. The molecule has 4 nitrogen and oxygen atoms in total. The minimum atomic E-state index is 0.860. The van der Waals surface area contributed by atoms with Crippen LogP contribution in [0.15, 0.2) is 54.9 Å². The molecular weight excluding hydrogens is 248 g/mol. The van der Waals surface area contributed by atoms with Gasteiger partial charge in [-0.15, -0.1) is 0 Å². The first-order valence-electron chi connectivity index (χ1n) is 6.45. The van der Waals surface area contributed by atoms with Crippen LogP contribution in [0.2, 0.25) is 0 Å². The highest BCUT2D eigenvalue weighted by molar-refractivity contribution is 5.83. The Hall–Kier alpha value is -2.75. The summed E-state index contributed by atoms with van der Waals surface area (Å²) in [6, 6.07) is 14.1. The molecule has 0 amide bonds. The van der Waals surface area contributed by atoms with Crippen molar-refractivity contribution in [3.05, 3.63) is 54.9 Å². The molecule has 4 rings (SSSR count). The first-order chi connectivity index (χ1) is 9.83. The molecule has 0 bridgehead atoms. The molecule has 0 unspecified atom stereocenters. The third-order valence-electron chi connectivity index (χ3n) is 3.51. The third kappa shape index (κ3) is 1.58. The maximum absolute atomic E-state index is 4.70. The lowest BCUT2D eigenvalue weighted by atomic mass is 10.2. The SMILES string of the molecule is Cn1c(-c2ccc3ccccc3n2)nc2ccncc21. The summed E-state index contributed by atoms with van der Waals surface area (Å²) in [7, 11) is 1.99. The van der Waals surface area contributed by atoms with E-state index in [1.54, 1.807) is 6.20 Å². The third-order valence-corrected chi connectivity index (χ3v) is 3.51. The van der Waals surface area contributed by atoms with Crippen LogP contribution >= 0.6 is 0 Å². The van der Waals surface area contributed by atoms with Crippen LogP contribution in [0.1, 0.15) is 0 Å². The number of hydrogen-bond acceptors (Lipinski definition) is 3. The average Bonchev–Trinajstić information content (AvgIpc) is 2.84. The summed E-state index contributed by atoms with van der Waals surface area (Å²) in [5.41, 5.74) is 3.81. The van der Waals surface area contributed by atoms with Gasteiger partial charge in [0.25, 0.3) is 0 Å². The number of fused-ring (bicyclic) bond motifs is 2. The van der Waals surface area contributed by atoms with Crippen molar-refractivity contribution in [3.8, 4) is 11.5 Å². The largest absolute Gasteiger partial charge is 0.325 e. The van der Waals surface area contributed by atoms with Crippen molar-refractivity contribution in [2.75, 3.05) is 0 Å². The fraction of sp³-hybridized carbons (Fsp3) is 0.0625. The Balaban J connectivity index is 1.98. The van der Waals surface area contributed by atoms with E-state index in [0.717, 1.165) is 33.5 Å². The van der Waals surface area contributed by atoms with Gasteiger partial charge in [-0.2, -0.15) is 0 Å². The Morgan fingerprint density at radius 1 is 0.900 bits per heavy atom. The summed E-state index contributed by atoms with van der Waals surface area (Å²) < 4.78 is 2.03. The lowest BCUT2D eigenvalue weighted by Gasteiger charge is -2.03. The summed E-state index contributed by atoms with van der Waals surface area (Å²) in [6.45, 7) is 0. The van der Waals surface area contributed by atoms with Crippen LogP contribution in [-0.4, -0.2) is 19.5 Å². The van der Waals surface area contributed by atoms with Gasteiger partial charge in [0.05, 0.1) is 22.7 Å². The summed E-state index contributed by atoms with van der Waals surface area (Å²) >= 11 is 0. The van der Waals surface area contributed by atoms with Gasteiger partial charge in [-0.1, -0.05) is 24.3 Å².